The van der Waals surface area contributed by atoms with Crippen LogP contribution in [0.3, 0.4) is 0 Å². The number of nitrogens with zero attached hydrogens (tertiary/aromatic N) is 1. The van der Waals surface area contributed by atoms with Crippen molar-refractivity contribution in [3.05, 3.63) is 33.8 Å². The zero-order valence-corrected chi connectivity index (χ0v) is 10.5. The Morgan fingerprint density at radius 3 is 2.88 bits per heavy atom. The molecule has 1 atom stereocenters. The van der Waals surface area contributed by atoms with Gasteiger partial charge in [-0.1, -0.05) is 6.07 Å². The minimum absolute atomic E-state index is 0.222. The number of carbonyl (C=O) groups excluding carboxylic acids is 1. The first-order chi connectivity index (χ1) is 8.09. The summed E-state index contributed by atoms with van der Waals surface area (Å²) in [7, 11) is 0. The van der Waals surface area contributed by atoms with Gasteiger partial charge >= 0.3 is 0 Å². The third-order valence-electron chi connectivity index (χ3n) is 2.51. The third-order valence-corrected chi connectivity index (χ3v) is 3.46. The summed E-state index contributed by atoms with van der Waals surface area (Å²) < 4.78 is 0. The Kier molecular flexibility index (Phi) is 3.26. The van der Waals surface area contributed by atoms with Gasteiger partial charge in [-0.3, -0.25) is 9.89 Å². The van der Waals surface area contributed by atoms with Gasteiger partial charge in [-0.2, -0.15) is 5.10 Å². The van der Waals surface area contributed by atoms with Crippen molar-refractivity contribution < 1.29 is 4.79 Å². The first kappa shape index (κ1) is 11.8. The zero-order chi connectivity index (χ0) is 12.4. The maximum atomic E-state index is 11.9. The van der Waals surface area contributed by atoms with E-state index in [-0.39, 0.29) is 5.91 Å². The summed E-state index contributed by atoms with van der Waals surface area (Å²) >= 11 is 1.47. The van der Waals surface area contributed by atoms with E-state index in [9.17, 15) is 4.79 Å². The lowest BCUT2D eigenvalue weighted by Crippen LogP contribution is -2.27. The van der Waals surface area contributed by atoms with Gasteiger partial charge in [0, 0.05) is 4.88 Å². The summed E-state index contributed by atoms with van der Waals surface area (Å²) in [5.41, 5.74) is 8.16. The summed E-state index contributed by atoms with van der Waals surface area (Å²) in [5.74, 6) is -0.222. The maximum absolute atomic E-state index is 11.9. The van der Waals surface area contributed by atoms with Crippen LogP contribution in [0.1, 0.15) is 22.3 Å². The Morgan fingerprint density at radius 1 is 1.59 bits per heavy atom. The topological polar surface area (TPSA) is 83.8 Å². The fourth-order valence-electron chi connectivity index (χ4n) is 1.53. The highest BCUT2D eigenvalue weighted by Crippen LogP contribution is 2.21. The van der Waals surface area contributed by atoms with Gasteiger partial charge in [0.1, 0.15) is 6.04 Å². The number of anilines is 1. The molecule has 2 rings (SSSR count). The molecule has 0 aliphatic rings. The molecule has 0 saturated carbocycles. The van der Waals surface area contributed by atoms with Gasteiger partial charge in [0.05, 0.1) is 17.1 Å². The van der Waals surface area contributed by atoms with Crippen molar-refractivity contribution >= 4 is 22.9 Å². The lowest BCUT2D eigenvalue weighted by molar-refractivity contribution is -0.117. The SMILES string of the molecule is Cc1n[nH]c(C)c1NC(=O)C(N)c1cccs1. The average Bonchev–Trinajstić information content (AvgIpc) is 2.93. The third kappa shape index (κ3) is 2.37. The molecule has 2 aromatic heterocycles. The average molecular weight is 250 g/mol. The Bertz CT molecular complexity index is 498. The molecule has 4 N–H and O–H groups in total. The van der Waals surface area contributed by atoms with Gasteiger partial charge in [0.2, 0.25) is 5.91 Å². The lowest BCUT2D eigenvalue weighted by Gasteiger charge is -2.10. The van der Waals surface area contributed by atoms with E-state index in [0.29, 0.717) is 5.69 Å². The van der Waals surface area contributed by atoms with Crippen molar-refractivity contribution in [1.82, 2.24) is 10.2 Å². The minimum Gasteiger partial charge on any atom is -0.321 e. The quantitative estimate of drug-likeness (QED) is 0.775. The normalized spacial score (nSPS) is 12.4. The van der Waals surface area contributed by atoms with Crippen LogP contribution in [0.4, 0.5) is 5.69 Å². The van der Waals surface area contributed by atoms with Gasteiger partial charge in [0.15, 0.2) is 0 Å². The van der Waals surface area contributed by atoms with Crippen molar-refractivity contribution in [3.63, 3.8) is 0 Å². The molecule has 0 fully saturated rings. The predicted molar refractivity (Wildman–Crippen MR) is 67.9 cm³/mol. The van der Waals surface area contributed by atoms with Crippen molar-refractivity contribution in [2.45, 2.75) is 19.9 Å². The highest BCUT2D eigenvalue weighted by atomic mass is 32.1. The summed E-state index contributed by atoms with van der Waals surface area (Å²) in [6, 6.07) is 3.09. The fraction of sp³-hybridized carbons (Fsp3) is 0.273. The van der Waals surface area contributed by atoms with E-state index in [0.717, 1.165) is 16.3 Å². The van der Waals surface area contributed by atoms with E-state index >= 15 is 0 Å². The van der Waals surface area contributed by atoms with Crippen LogP contribution < -0.4 is 11.1 Å². The summed E-state index contributed by atoms with van der Waals surface area (Å²) in [5, 5.41) is 11.5. The molecule has 0 bridgehead atoms. The van der Waals surface area contributed by atoms with E-state index in [1.54, 1.807) is 0 Å². The molecule has 0 aliphatic carbocycles. The highest BCUT2D eigenvalue weighted by Gasteiger charge is 2.19. The van der Waals surface area contributed by atoms with E-state index in [2.05, 4.69) is 15.5 Å². The zero-order valence-electron chi connectivity index (χ0n) is 9.65. The molecule has 1 amide bonds. The summed E-state index contributed by atoms with van der Waals surface area (Å²) in [4.78, 5) is 12.8. The van der Waals surface area contributed by atoms with Gasteiger partial charge in [0.25, 0.3) is 0 Å². The van der Waals surface area contributed by atoms with Gasteiger partial charge in [-0.05, 0) is 25.3 Å². The Hall–Kier alpha value is -1.66. The first-order valence-corrected chi connectivity index (χ1v) is 6.09. The molecule has 0 spiro atoms. The van der Waals surface area contributed by atoms with Crippen LogP contribution >= 0.6 is 11.3 Å². The Labute approximate surface area is 103 Å². The number of aromatic amines is 1. The monoisotopic (exact) mass is 250 g/mol. The first-order valence-electron chi connectivity index (χ1n) is 5.21. The second-order valence-electron chi connectivity index (χ2n) is 3.79. The number of hydrogen-bond acceptors (Lipinski definition) is 4. The number of thiophene rings is 1. The largest absolute Gasteiger partial charge is 0.321 e. The smallest absolute Gasteiger partial charge is 0.246 e. The molecule has 6 heteroatoms. The number of H-pyrrole nitrogens is 1. The number of rotatable bonds is 3. The molecule has 2 aromatic rings. The van der Waals surface area contributed by atoms with Crippen molar-refractivity contribution in [1.29, 1.82) is 0 Å². The van der Waals surface area contributed by atoms with Crippen LogP contribution in [0.2, 0.25) is 0 Å². The molecule has 90 valence electrons. The van der Waals surface area contributed by atoms with Crippen LogP contribution in [-0.2, 0) is 4.79 Å². The van der Waals surface area contributed by atoms with Gasteiger partial charge < -0.3 is 11.1 Å². The fourth-order valence-corrected chi connectivity index (χ4v) is 2.26. The van der Waals surface area contributed by atoms with Crippen LogP contribution in [0, 0.1) is 13.8 Å². The Morgan fingerprint density at radius 2 is 2.35 bits per heavy atom. The van der Waals surface area contributed by atoms with E-state index < -0.39 is 6.04 Å². The second kappa shape index (κ2) is 4.68. The number of nitrogens with two attached hydrogens (primary N) is 1. The van der Waals surface area contributed by atoms with Crippen LogP contribution in [-0.4, -0.2) is 16.1 Å². The molecule has 5 nitrogen and oxygen atoms in total. The standard InChI is InChI=1S/C11H14N4OS/c1-6-10(7(2)15-14-6)13-11(16)9(12)8-4-3-5-17-8/h3-5,9H,12H2,1-2H3,(H,13,16)(H,14,15). The lowest BCUT2D eigenvalue weighted by atomic mass is 10.2. The number of carbonyl (C=O) groups is 1. The number of hydrogen-bond donors (Lipinski definition) is 3. The molecular weight excluding hydrogens is 236 g/mol. The maximum Gasteiger partial charge on any atom is 0.246 e. The molecule has 2 heterocycles. The second-order valence-corrected chi connectivity index (χ2v) is 4.77. The van der Waals surface area contributed by atoms with Gasteiger partial charge in [-0.15, -0.1) is 11.3 Å². The summed E-state index contributed by atoms with van der Waals surface area (Å²) in [6.45, 7) is 3.68. The van der Waals surface area contributed by atoms with Gasteiger partial charge in [-0.25, -0.2) is 0 Å². The van der Waals surface area contributed by atoms with Crippen LogP contribution in [0.5, 0.6) is 0 Å². The number of nitrogens with one attached hydrogen (secondary N) is 2. The van der Waals surface area contributed by atoms with Crippen LogP contribution in [0.25, 0.3) is 0 Å². The molecule has 0 saturated heterocycles. The van der Waals surface area contributed by atoms with E-state index in [1.165, 1.54) is 11.3 Å². The number of aromatic nitrogens is 2. The van der Waals surface area contributed by atoms with Crippen molar-refractivity contribution in [2.24, 2.45) is 5.73 Å². The molecule has 1 unspecified atom stereocenters. The van der Waals surface area contributed by atoms with Crippen molar-refractivity contribution in [2.75, 3.05) is 5.32 Å². The minimum atomic E-state index is -0.635. The van der Waals surface area contributed by atoms with E-state index in [1.807, 2.05) is 31.4 Å². The van der Waals surface area contributed by atoms with E-state index in [4.69, 9.17) is 5.73 Å². The van der Waals surface area contributed by atoms with Crippen molar-refractivity contribution in [3.8, 4) is 0 Å². The molecule has 0 aromatic carbocycles. The molecule has 17 heavy (non-hydrogen) atoms. The predicted octanol–water partition coefficient (Wildman–Crippen LogP) is 1.73. The molecular formula is C11H14N4OS. The summed E-state index contributed by atoms with van der Waals surface area (Å²) in [6.07, 6.45) is 0. The highest BCUT2D eigenvalue weighted by molar-refractivity contribution is 7.10. The molecule has 0 radical (unpaired) electrons. The van der Waals surface area contributed by atoms with Crippen LogP contribution in [0.15, 0.2) is 17.5 Å². The number of aryl methyl sites for hydroxylation is 2. The number of amides is 1. The molecule has 0 aliphatic heterocycles. The Balaban J connectivity index is 2.12.